The molecule has 140 valence electrons. The van der Waals surface area contributed by atoms with Gasteiger partial charge in [-0.05, 0) is 13.0 Å². The molecular formula is C16H23FN8O. The van der Waals surface area contributed by atoms with E-state index in [9.17, 15) is 9.18 Å². The molecule has 0 bridgehead atoms. The number of hydrogen-bond donors (Lipinski definition) is 1. The van der Waals surface area contributed by atoms with Crippen molar-refractivity contribution in [2.75, 3.05) is 37.0 Å². The number of nitrogens with one attached hydrogen (secondary N) is 1. The van der Waals surface area contributed by atoms with Crippen LogP contribution >= 0.6 is 0 Å². The molecule has 0 radical (unpaired) electrons. The van der Waals surface area contributed by atoms with Gasteiger partial charge in [0.1, 0.15) is 30.7 Å². The fraction of sp³-hybridized carbons (Fsp3) is 0.562. The average Bonchev–Trinajstić information content (AvgIpc) is 3.28. The van der Waals surface area contributed by atoms with Crippen LogP contribution in [0.5, 0.6) is 0 Å². The number of halogens is 1. The summed E-state index contributed by atoms with van der Waals surface area (Å²) in [4.78, 5) is 28.5. The summed E-state index contributed by atoms with van der Waals surface area (Å²) in [5.74, 6) is 1.04. The summed E-state index contributed by atoms with van der Waals surface area (Å²) >= 11 is 0. The molecule has 1 aliphatic rings. The van der Waals surface area contributed by atoms with Crippen molar-refractivity contribution in [3.63, 3.8) is 0 Å². The third-order valence-electron chi connectivity index (χ3n) is 4.41. The molecule has 9 nitrogen and oxygen atoms in total. The van der Waals surface area contributed by atoms with Gasteiger partial charge in [-0.25, -0.2) is 19.0 Å². The van der Waals surface area contributed by atoms with Crippen LogP contribution in [0.25, 0.3) is 0 Å². The SMILES string of the molecule is C[C@H](C(=O)NC[C@@H]1C[C@H](F)CN1c1ccnc(N(C)C)n1)n1cncn1. The molecule has 3 rings (SSSR count). The predicted octanol–water partition coefficient (Wildman–Crippen LogP) is 0.428. The van der Waals surface area contributed by atoms with E-state index in [0.29, 0.717) is 24.7 Å². The molecule has 10 heteroatoms. The number of nitrogens with zero attached hydrogens (tertiary/aromatic N) is 7. The van der Waals surface area contributed by atoms with Crippen LogP contribution in [-0.2, 0) is 4.79 Å². The molecule has 1 N–H and O–H groups in total. The smallest absolute Gasteiger partial charge is 0.244 e. The zero-order valence-corrected chi connectivity index (χ0v) is 15.1. The third-order valence-corrected chi connectivity index (χ3v) is 4.41. The summed E-state index contributed by atoms with van der Waals surface area (Å²) < 4.78 is 15.5. The van der Waals surface area contributed by atoms with Gasteiger partial charge in [0, 0.05) is 33.3 Å². The lowest BCUT2D eigenvalue weighted by molar-refractivity contribution is -0.124. The quantitative estimate of drug-likeness (QED) is 0.796. The molecule has 0 saturated carbocycles. The molecule has 1 fully saturated rings. The van der Waals surface area contributed by atoms with Crippen molar-refractivity contribution in [2.45, 2.75) is 31.6 Å². The molecule has 0 aromatic carbocycles. The van der Waals surface area contributed by atoms with Gasteiger partial charge in [-0.1, -0.05) is 0 Å². The molecule has 2 aromatic rings. The van der Waals surface area contributed by atoms with Gasteiger partial charge in [-0.3, -0.25) is 4.79 Å². The lowest BCUT2D eigenvalue weighted by Gasteiger charge is -2.26. The second-order valence-electron chi connectivity index (χ2n) is 6.55. The second-order valence-corrected chi connectivity index (χ2v) is 6.55. The molecule has 3 heterocycles. The Kier molecular flexibility index (Phi) is 5.29. The summed E-state index contributed by atoms with van der Waals surface area (Å²) in [6.45, 7) is 2.32. The maximum Gasteiger partial charge on any atom is 0.244 e. The highest BCUT2D eigenvalue weighted by molar-refractivity contribution is 5.79. The number of amides is 1. The highest BCUT2D eigenvalue weighted by Gasteiger charge is 2.33. The second kappa shape index (κ2) is 7.63. The largest absolute Gasteiger partial charge is 0.352 e. The van der Waals surface area contributed by atoms with Gasteiger partial charge in [0.05, 0.1) is 12.6 Å². The molecule has 1 amide bonds. The number of anilines is 2. The van der Waals surface area contributed by atoms with E-state index >= 15 is 0 Å². The van der Waals surface area contributed by atoms with E-state index in [-0.39, 0.29) is 18.5 Å². The minimum atomic E-state index is -0.956. The molecule has 2 aromatic heterocycles. The van der Waals surface area contributed by atoms with Crippen molar-refractivity contribution in [3.8, 4) is 0 Å². The Labute approximate surface area is 151 Å². The van der Waals surface area contributed by atoms with Gasteiger partial charge in [0.15, 0.2) is 0 Å². The Morgan fingerprint density at radius 2 is 2.31 bits per heavy atom. The number of alkyl halides is 1. The van der Waals surface area contributed by atoms with E-state index < -0.39 is 12.2 Å². The molecule has 26 heavy (non-hydrogen) atoms. The van der Waals surface area contributed by atoms with Crippen molar-refractivity contribution < 1.29 is 9.18 Å². The Balaban J connectivity index is 1.66. The fourth-order valence-electron chi connectivity index (χ4n) is 2.95. The van der Waals surface area contributed by atoms with Gasteiger partial charge in [-0.15, -0.1) is 0 Å². The van der Waals surface area contributed by atoms with E-state index in [0.717, 1.165) is 0 Å². The number of aromatic nitrogens is 5. The van der Waals surface area contributed by atoms with Gasteiger partial charge >= 0.3 is 0 Å². The van der Waals surface area contributed by atoms with Crippen LogP contribution in [0.15, 0.2) is 24.9 Å². The molecule has 1 aliphatic heterocycles. The molecule has 1 saturated heterocycles. The molecule has 0 unspecified atom stereocenters. The summed E-state index contributed by atoms with van der Waals surface area (Å²) in [5.41, 5.74) is 0. The maximum atomic E-state index is 14.0. The Hall–Kier alpha value is -2.78. The van der Waals surface area contributed by atoms with E-state index in [1.54, 1.807) is 24.1 Å². The fourth-order valence-corrected chi connectivity index (χ4v) is 2.95. The molecule has 0 aliphatic carbocycles. The first-order valence-electron chi connectivity index (χ1n) is 8.48. The highest BCUT2D eigenvalue weighted by atomic mass is 19.1. The van der Waals surface area contributed by atoms with Gasteiger partial charge in [-0.2, -0.15) is 10.1 Å². The van der Waals surface area contributed by atoms with Crippen LogP contribution < -0.4 is 15.1 Å². The van der Waals surface area contributed by atoms with Crippen LogP contribution in [-0.4, -0.2) is 70.0 Å². The summed E-state index contributed by atoms with van der Waals surface area (Å²) in [5, 5.41) is 6.85. The predicted molar refractivity (Wildman–Crippen MR) is 94.7 cm³/mol. The third kappa shape index (κ3) is 3.89. The first-order valence-corrected chi connectivity index (χ1v) is 8.48. The Bertz CT molecular complexity index is 738. The first-order chi connectivity index (χ1) is 12.5. The van der Waals surface area contributed by atoms with Crippen molar-refractivity contribution in [1.82, 2.24) is 30.0 Å². The first kappa shape index (κ1) is 18.0. The van der Waals surface area contributed by atoms with Crippen molar-refractivity contribution in [3.05, 3.63) is 24.9 Å². The van der Waals surface area contributed by atoms with Crippen molar-refractivity contribution in [2.24, 2.45) is 0 Å². The Morgan fingerprint density at radius 1 is 1.50 bits per heavy atom. The average molecular weight is 362 g/mol. The van der Waals surface area contributed by atoms with E-state index in [1.165, 1.54) is 17.3 Å². The standard InChI is InChI=1S/C16H23FN8O/c1-11(25-10-18-9-21-25)15(26)20-7-13-6-12(17)8-24(13)14-4-5-19-16(22-14)23(2)3/h4-5,9-13H,6-8H2,1-3H3,(H,20,26)/t11-,12+,13+/m1/s1. The summed E-state index contributed by atoms with van der Waals surface area (Å²) in [7, 11) is 3.70. The van der Waals surface area contributed by atoms with Crippen LogP contribution in [0.4, 0.5) is 16.2 Å². The normalized spacial score (nSPS) is 20.8. The minimum Gasteiger partial charge on any atom is -0.352 e. The van der Waals surface area contributed by atoms with E-state index in [2.05, 4.69) is 25.4 Å². The van der Waals surface area contributed by atoms with Crippen LogP contribution in [0.3, 0.4) is 0 Å². The topological polar surface area (TPSA) is 92.1 Å². The highest BCUT2D eigenvalue weighted by Crippen LogP contribution is 2.26. The number of carbonyl (C=O) groups excluding carboxylic acids is 1. The van der Waals surface area contributed by atoms with Gasteiger partial charge < -0.3 is 15.1 Å². The monoisotopic (exact) mass is 362 g/mol. The molecule has 3 atom stereocenters. The van der Waals surface area contributed by atoms with Crippen molar-refractivity contribution >= 4 is 17.7 Å². The van der Waals surface area contributed by atoms with E-state index in [1.807, 2.05) is 19.0 Å². The van der Waals surface area contributed by atoms with Crippen molar-refractivity contribution in [1.29, 1.82) is 0 Å². The van der Waals surface area contributed by atoms with Crippen LogP contribution in [0.1, 0.15) is 19.4 Å². The summed E-state index contributed by atoms with van der Waals surface area (Å²) in [6, 6.07) is 1.12. The summed E-state index contributed by atoms with van der Waals surface area (Å²) in [6.07, 6.45) is 3.92. The van der Waals surface area contributed by atoms with Gasteiger partial charge in [0.25, 0.3) is 0 Å². The lowest BCUT2D eigenvalue weighted by Crippen LogP contribution is -2.42. The number of rotatable bonds is 6. The van der Waals surface area contributed by atoms with Gasteiger partial charge in [0.2, 0.25) is 11.9 Å². The number of hydrogen-bond acceptors (Lipinski definition) is 7. The maximum absolute atomic E-state index is 14.0. The molecular weight excluding hydrogens is 339 g/mol. The number of carbonyl (C=O) groups is 1. The zero-order chi connectivity index (χ0) is 18.7. The zero-order valence-electron chi connectivity index (χ0n) is 15.1. The van der Waals surface area contributed by atoms with E-state index in [4.69, 9.17) is 0 Å². The van der Waals surface area contributed by atoms with Crippen LogP contribution in [0.2, 0.25) is 0 Å². The Morgan fingerprint density at radius 3 is 3.00 bits per heavy atom. The minimum absolute atomic E-state index is 0.165. The lowest BCUT2D eigenvalue weighted by atomic mass is 10.2. The van der Waals surface area contributed by atoms with Crippen LogP contribution in [0, 0.1) is 0 Å². The molecule has 0 spiro atoms.